The van der Waals surface area contributed by atoms with Gasteiger partial charge in [-0.2, -0.15) is 10.4 Å². The van der Waals surface area contributed by atoms with E-state index in [2.05, 4.69) is 39.2 Å². The minimum absolute atomic E-state index is 0.642. The molecular formula is C26H23ClN6. The van der Waals surface area contributed by atoms with Gasteiger partial charge in [0.05, 0.1) is 23.0 Å². The molecule has 5 rings (SSSR count). The fourth-order valence-corrected chi connectivity index (χ4v) is 4.25. The highest BCUT2D eigenvalue weighted by molar-refractivity contribution is 6.30. The number of aromatic nitrogens is 3. The number of pyridine rings is 1. The fraction of sp³-hybridized carbons (Fsp3) is 0.192. The molecule has 1 aliphatic rings. The maximum atomic E-state index is 9.17. The van der Waals surface area contributed by atoms with Gasteiger partial charge in [0.1, 0.15) is 5.82 Å². The molecule has 0 unspecified atom stereocenters. The summed E-state index contributed by atoms with van der Waals surface area (Å²) in [6.07, 6.45) is 3.83. The topological polar surface area (TPSA) is 61.0 Å². The van der Waals surface area contributed by atoms with E-state index in [1.54, 1.807) is 12.3 Å². The van der Waals surface area contributed by atoms with Crippen LogP contribution in [0.15, 0.2) is 79.1 Å². The van der Waals surface area contributed by atoms with Gasteiger partial charge in [0.2, 0.25) is 0 Å². The second kappa shape index (κ2) is 9.45. The monoisotopic (exact) mass is 454 g/mol. The molecule has 3 heterocycles. The molecule has 0 saturated carbocycles. The SMILES string of the molecule is N#Cc1ccnc(N2CCN(Cc3cn(-c4ccccc4)nc3-c3ccc(Cl)cc3)CC2)c1. The van der Waals surface area contributed by atoms with Crippen LogP contribution >= 0.6 is 11.6 Å². The Morgan fingerprint density at radius 2 is 1.70 bits per heavy atom. The summed E-state index contributed by atoms with van der Waals surface area (Å²) >= 11 is 6.12. The molecular weight excluding hydrogens is 432 g/mol. The summed E-state index contributed by atoms with van der Waals surface area (Å²) in [5, 5.41) is 14.8. The van der Waals surface area contributed by atoms with Crippen LogP contribution in [0, 0.1) is 11.3 Å². The van der Waals surface area contributed by atoms with Gasteiger partial charge in [0.25, 0.3) is 0 Å². The normalized spacial score (nSPS) is 14.2. The molecule has 2 aromatic heterocycles. The van der Waals surface area contributed by atoms with Crippen LogP contribution in [0.5, 0.6) is 0 Å². The lowest BCUT2D eigenvalue weighted by Gasteiger charge is -2.35. The van der Waals surface area contributed by atoms with Crippen molar-refractivity contribution in [1.29, 1.82) is 5.26 Å². The van der Waals surface area contributed by atoms with E-state index in [9.17, 15) is 0 Å². The first-order chi connectivity index (χ1) is 16.2. The van der Waals surface area contributed by atoms with Crippen LogP contribution < -0.4 is 4.90 Å². The second-order valence-electron chi connectivity index (χ2n) is 8.07. The number of para-hydroxylation sites is 1. The number of benzene rings is 2. The van der Waals surface area contributed by atoms with E-state index in [-0.39, 0.29) is 0 Å². The maximum Gasteiger partial charge on any atom is 0.129 e. The molecule has 6 nitrogen and oxygen atoms in total. The van der Waals surface area contributed by atoms with E-state index in [1.165, 1.54) is 5.56 Å². The van der Waals surface area contributed by atoms with Crippen molar-refractivity contribution < 1.29 is 0 Å². The first kappa shape index (κ1) is 21.2. The minimum atomic E-state index is 0.642. The molecule has 33 heavy (non-hydrogen) atoms. The molecule has 7 heteroatoms. The number of nitriles is 1. The van der Waals surface area contributed by atoms with Crippen molar-refractivity contribution in [1.82, 2.24) is 19.7 Å². The summed E-state index contributed by atoms with van der Waals surface area (Å²) in [6, 6.07) is 23.8. The highest BCUT2D eigenvalue weighted by Gasteiger charge is 2.21. The molecule has 1 saturated heterocycles. The number of hydrogen-bond donors (Lipinski definition) is 0. The summed E-state index contributed by atoms with van der Waals surface area (Å²) in [5.74, 6) is 0.868. The van der Waals surface area contributed by atoms with Gasteiger partial charge in [0.15, 0.2) is 0 Å². The Morgan fingerprint density at radius 1 is 0.939 bits per heavy atom. The van der Waals surface area contributed by atoms with Gasteiger partial charge in [-0.3, -0.25) is 4.90 Å². The van der Waals surface area contributed by atoms with Gasteiger partial charge in [0, 0.05) is 61.3 Å². The van der Waals surface area contributed by atoms with Gasteiger partial charge in [-0.1, -0.05) is 41.9 Å². The largest absolute Gasteiger partial charge is 0.354 e. The summed E-state index contributed by atoms with van der Waals surface area (Å²) in [6.45, 7) is 4.37. The van der Waals surface area contributed by atoms with Crippen LogP contribution in [0.4, 0.5) is 5.82 Å². The van der Waals surface area contributed by atoms with Crippen LogP contribution in [0.1, 0.15) is 11.1 Å². The molecule has 2 aromatic carbocycles. The maximum absolute atomic E-state index is 9.17. The number of halogens is 1. The van der Waals surface area contributed by atoms with E-state index in [4.69, 9.17) is 22.0 Å². The molecule has 1 aliphatic heterocycles. The van der Waals surface area contributed by atoms with Crippen molar-refractivity contribution in [2.75, 3.05) is 31.1 Å². The predicted octanol–water partition coefficient (Wildman–Crippen LogP) is 4.78. The van der Waals surface area contributed by atoms with Gasteiger partial charge in [-0.15, -0.1) is 0 Å². The first-order valence-corrected chi connectivity index (χ1v) is 11.3. The Morgan fingerprint density at radius 3 is 2.42 bits per heavy atom. The molecule has 1 fully saturated rings. The zero-order valence-corrected chi connectivity index (χ0v) is 18.9. The summed E-state index contributed by atoms with van der Waals surface area (Å²) < 4.78 is 1.95. The number of rotatable bonds is 5. The lowest BCUT2D eigenvalue weighted by Crippen LogP contribution is -2.46. The third-order valence-electron chi connectivity index (χ3n) is 5.89. The van der Waals surface area contributed by atoms with Crippen molar-refractivity contribution in [2.45, 2.75) is 6.54 Å². The van der Waals surface area contributed by atoms with Crippen LogP contribution in [0.3, 0.4) is 0 Å². The quantitative estimate of drug-likeness (QED) is 0.434. The second-order valence-corrected chi connectivity index (χ2v) is 8.50. The molecule has 0 atom stereocenters. The third kappa shape index (κ3) is 4.75. The molecule has 0 spiro atoms. The first-order valence-electron chi connectivity index (χ1n) is 10.9. The van der Waals surface area contributed by atoms with Crippen molar-refractivity contribution in [3.63, 3.8) is 0 Å². The Hall–Kier alpha value is -3.66. The highest BCUT2D eigenvalue weighted by atomic mass is 35.5. The number of hydrogen-bond acceptors (Lipinski definition) is 5. The third-order valence-corrected chi connectivity index (χ3v) is 6.15. The minimum Gasteiger partial charge on any atom is -0.354 e. The molecule has 0 aliphatic carbocycles. The van der Waals surface area contributed by atoms with Gasteiger partial charge < -0.3 is 4.90 Å². The fourth-order valence-electron chi connectivity index (χ4n) is 4.13. The summed E-state index contributed by atoms with van der Waals surface area (Å²) in [5.41, 5.74) is 4.89. The van der Waals surface area contributed by atoms with Crippen LogP contribution in [0.25, 0.3) is 16.9 Å². The Bertz CT molecular complexity index is 1270. The Balaban J connectivity index is 1.36. The van der Waals surface area contributed by atoms with Crippen molar-refractivity contribution in [3.8, 4) is 23.0 Å². The van der Waals surface area contributed by atoms with Crippen molar-refractivity contribution in [3.05, 3.63) is 95.3 Å². The van der Waals surface area contributed by atoms with Gasteiger partial charge >= 0.3 is 0 Å². The smallest absolute Gasteiger partial charge is 0.129 e. The van der Waals surface area contributed by atoms with E-state index >= 15 is 0 Å². The van der Waals surface area contributed by atoms with Crippen LogP contribution in [0.2, 0.25) is 5.02 Å². The van der Waals surface area contributed by atoms with Gasteiger partial charge in [-0.05, 0) is 36.4 Å². The zero-order chi connectivity index (χ0) is 22.6. The Kier molecular flexibility index (Phi) is 6.07. The van der Waals surface area contributed by atoms with Crippen molar-refractivity contribution >= 4 is 17.4 Å². The highest BCUT2D eigenvalue weighted by Crippen LogP contribution is 2.27. The predicted molar refractivity (Wildman–Crippen MR) is 130 cm³/mol. The number of piperazine rings is 1. The average Bonchev–Trinajstić information content (AvgIpc) is 3.29. The summed E-state index contributed by atoms with van der Waals surface area (Å²) in [7, 11) is 0. The standard InChI is InChI=1S/C26H23ClN6/c27-23-8-6-21(7-9-23)26-22(19-33(30-26)24-4-2-1-3-5-24)18-31-12-14-32(15-13-31)25-16-20(17-28)10-11-29-25/h1-11,16,19H,12-15,18H2. The number of nitrogens with zero attached hydrogens (tertiary/aromatic N) is 6. The Labute approximate surface area is 198 Å². The van der Waals surface area contributed by atoms with Crippen LogP contribution in [-0.2, 0) is 6.54 Å². The lowest BCUT2D eigenvalue weighted by atomic mass is 10.1. The van der Waals surface area contributed by atoms with E-state index in [0.29, 0.717) is 10.6 Å². The average molecular weight is 455 g/mol. The number of anilines is 1. The molecule has 164 valence electrons. The van der Waals surface area contributed by atoms with E-state index in [0.717, 1.165) is 55.5 Å². The van der Waals surface area contributed by atoms with Crippen molar-refractivity contribution in [2.24, 2.45) is 0 Å². The summed E-state index contributed by atoms with van der Waals surface area (Å²) in [4.78, 5) is 9.13. The molecule has 0 N–H and O–H groups in total. The van der Waals surface area contributed by atoms with Crippen LogP contribution in [-0.4, -0.2) is 45.8 Å². The zero-order valence-electron chi connectivity index (χ0n) is 18.1. The van der Waals surface area contributed by atoms with E-state index < -0.39 is 0 Å². The lowest BCUT2D eigenvalue weighted by molar-refractivity contribution is 0.249. The molecule has 0 radical (unpaired) electrons. The molecule has 4 aromatic rings. The molecule has 0 amide bonds. The van der Waals surface area contributed by atoms with Gasteiger partial charge in [-0.25, -0.2) is 9.67 Å². The molecule has 0 bridgehead atoms. The van der Waals surface area contributed by atoms with E-state index in [1.807, 2.05) is 53.2 Å².